The Bertz CT molecular complexity index is 974. The highest BCUT2D eigenvalue weighted by atomic mass is 16.5. The van der Waals surface area contributed by atoms with E-state index in [2.05, 4.69) is 44.1 Å². The van der Waals surface area contributed by atoms with E-state index < -0.39 is 11.9 Å². The van der Waals surface area contributed by atoms with Gasteiger partial charge in [0.05, 0.1) is 36.6 Å². The Labute approximate surface area is 168 Å². The predicted molar refractivity (Wildman–Crippen MR) is 108 cm³/mol. The van der Waals surface area contributed by atoms with Crippen LogP contribution in [0, 0.1) is 11.8 Å². The maximum atomic E-state index is 12.3. The van der Waals surface area contributed by atoms with E-state index in [0.717, 1.165) is 32.7 Å². The lowest BCUT2D eigenvalue weighted by Gasteiger charge is -2.32. The molecular weight excluding hydrogens is 374 g/mol. The molecule has 1 aliphatic rings. The van der Waals surface area contributed by atoms with Gasteiger partial charge in [0.2, 0.25) is 0 Å². The molecule has 1 aliphatic heterocycles. The van der Waals surface area contributed by atoms with E-state index in [-0.39, 0.29) is 5.56 Å². The molecule has 1 amide bonds. The standard InChI is InChI=1S/C20H23N5O4/c1-3-24-7-9-25(10-8-24)6-4-5-19(26)22-17-11-14-15(20(27)28)13-21-23-16(14)12-18(17)29-2/h11-13H,3,6-10H2,1-2H3,(H,22,26)(H,27,28). The molecule has 0 radical (unpaired) electrons. The Kier molecular flexibility index (Phi) is 6.59. The number of anilines is 1. The number of methoxy groups -OCH3 is 1. The first-order valence-electron chi connectivity index (χ1n) is 9.33. The number of aromatic nitrogens is 2. The number of likely N-dealkylation sites (N-methyl/N-ethyl adjacent to an activating group) is 1. The quantitative estimate of drug-likeness (QED) is 0.717. The van der Waals surface area contributed by atoms with E-state index >= 15 is 0 Å². The van der Waals surface area contributed by atoms with Crippen molar-refractivity contribution in [3.8, 4) is 17.6 Å². The van der Waals surface area contributed by atoms with Crippen LogP contribution in [0.15, 0.2) is 18.3 Å². The topological polar surface area (TPSA) is 108 Å². The van der Waals surface area contributed by atoms with Crippen molar-refractivity contribution in [1.82, 2.24) is 20.0 Å². The minimum Gasteiger partial charge on any atom is -0.494 e. The number of carbonyl (C=O) groups is 2. The Morgan fingerprint density at radius 1 is 1.24 bits per heavy atom. The van der Waals surface area contributed by atoms with E-state index in [1.54, 1.807) is 0 Å². The number of fused-ring (bicyclic) bond motifs is 1. The van der Waals surface area contributed by atoms with Crippen molar-refractivity contribution in [2.45, 2.75) is 6.92 Å². The molecule has 1 aromatic heterocycles. The normalized spacial score (nSPS) is 14.8. The van der Waals surface area contributed by atoms with Gasteiger partial charge in [0.15, 0.2) is 0 Å². The van der Waals surface area contributed by atoms with Gasteiger partial charge in [0.1, 0.15) is 5.75 Å². The van der Waals surface area contributed by atoms with Crippen LogP contribution in [0.5, 0.6) is 5.75 Å². The number of carboxylic acids is 1. The maximum Gasteiger partial charge on any atom is 0.338 e. The fourth-order valence-corrected chi connectivity index (χ4v) is 3.17. The van der Waals surface area contributed by atoms with Gasteiger partial charge in [-0.25, -0.2) is 4.79 Å². The zero-order valence-corrected chi connectivity index (χ0v) is 16.4. The van der Waals surface area contributed by atoms with Gasteiger partial charge in [-0.05, 0) is 18.5 Å². The van der Waals surface area contributed by atoms with Crippen molar-refractivity contribution >= 4 is 28.5 Å². The highest BCUT2D eigenvalue weighted by molar-refractivity contribution is 6.08. The van der Waals surface area contributed by atoms with Gasteiger partial charge in [-0.2, -0.15) is 10.2 Å². The van der Waals surface area contributed by atoms with Crippen molar-refractivity contribution in [3.63, 3.8) is 0 Å². The molecule has 3 rings (SSSR count). The van der Waals surface area contributed by atoms with Crippen molar-refractivity contribution in [2.24, 2.45) is 0 Å². The average Bonchev–Trinajstić information content (AvgIpc) is 2.73. The second-order valence-corrected chi connectivity index (χ2v) is 6.60. The summed E-state index contributed by atoms with van der Waals surface area (Å²) in [5.74, 6) is 4.21. The molecule has 1 saturated heterocycles. The minimum absolute atomic E-state index is 0.00884. The highest BCUT2D eigenvalue weighted by Gasteiger charge is 2.16. The minimum atomic E-state index is -1.13. The van der Waals surface area contributed by atoms with Crippen molar-refractivity contribution < 1.29 is 19.4 Å². The van der Waals surface area contributed by atoms with Gasteiger partial charge in [0, 0.05) is 37.6 Å². The number of rotatable bonds is 5. The number of amides is 1. The van der Waals surface area contributed by atoms with E-state index in [1.165, 1.54) is 25.4 Å². The summed E-state index contributed by atoms with van der Waals surface area (Å²) in [6.07, 6.45) is 1.17. The third-order valence-corrected chi connectivity index (χ3v) is 4.86. The van der Waals surface area contributed by atoms with Gasteiger partial charge in [-0.15, -0.1) is 0 Å². The number of ether oxygens (including phenoxy) is 1. The van der Waals surface area contributed by atoms with Crippen LogP contribution in [0.2, 0.25) is 0 Å². The highest BCUT2D eigenvalue weighted by Crippen LogP contribution is 2.30. The number of piperazine rings is 1. The molecule has 2 heterocycles. The number of hydrogen-bond donors (Lipinski definition) is 2. The summed E-state index contributed by atoms with van der Waals surface area (Å²) in [7, 11) is 1.45. The van der Waals surface area contributed by atoms with Crippen molar-refractivity contribution in [1.29, 1.82) is 0 Å². The van der Waals surface area contributed by atoms with Crippen molar-refractivity contribution in [3.05, 3.63) is 23.9 Å². The Morgan fingerprint density at radius 2 is 1.97 bits per heavy atom. The molecule has 0 spiro atoms. The number of carbonyl (C=O) groups excluding carboxylic acids is 1. The van der Waals surface area contributed by atoms with Crippen molar-refractivity contribution in [2.75, 3.05) is 51.7 Å². The summed E-state index contributed by atoms with van der Waals surface area (Å²) < 4.78 is 5.28. The first kappa shape index (κ1) is 20.5. The number of nitrogens with zero attached hydrogens (tertiary/aromatic N) is 4. The lowest BCUT2D eigenvalue weighted by Crippen LogP contribution is -2.46. The molecule has 9 heteroatoms. The fraction of sp³-hybridized carbons (Fsp3) is 0.400. The van der Waals surface area contributed by atoms with Gasteiger partial charge >= 0.3 is 5.97 Å². The summed E-state index contributed by atoms with van der Waals surface area (Å²) in [5.41, 5.74) is 0.675. The molecule has 29 heavy (non-hydrogen) atoms. The Hall–Kier alpha value is -3.22. The maximum absolute atomic E-state index is 12.3. The molecule has 9 nitrogen and oxygen atoms in total. The summed E-state index contributed by atoms with van der Waals surface area (Å²) in [6, 6.07) is 3.04. The van der Waals surface area contributed by atoms with Gasteiger partial charge in [0.25, 0.3) is 5.91 Å². The van der Waals surface area contributed by atoms with E-state index in [9.17, 15) is 14.7 Å². The van der Waals surface area contributed by atoms with Crippen LogP contribution < -0.4 is 10.1 Å². The summed E-state index contributed by atoms with van der Waals surface area (Å²) in [6.45, 7) is 7.60. The third kappa shape index (κ3) is 4.99. The fourth-order valence-electron chi connectivity index (χ4n) is 3.17. The van der Waals surface area contributed by atoms with Gasteiger partial charge in [-0.3, -0.25) is 9.69 Å². The predicted octanol–water partition coefficient (Wildman–Crippen LogP) is 0.916. The van der Waals surface area contributed by atoms with Crippen LogP contribution in [0.25, 0.3) is 10.9 Å². The number of hydrogen-bond acceptors (Lipinski definition) is 7. The first-order chi connectivity index (χ1) is 14.0. The Morgan fingerprint density at radius 3 is 2.62 bits per heavy atom. The number of benzene rings is 1. The molecule has 0 unspecified atom stereocenters. The second kappa shape index (κ2) is 9.32. The molecule has 2 N–H and O–H groups in total. The molecule has 0 bridgehead atoms. The smallest absolute Gasteiger partial charge is 0.338 e. The van der Waals surface area contributed by atoms with Gasteiger partial charge < -0.3 is 20.1 Å². The zero-order valence-electron chi connectivity index (χ0n) is 16.4. The summed E-state index contributed by atoms with van der Waals surface area (Å²) >= 11 is 0. The van der Waals surface area contributed by atoms with E-state index in [0.29, 0.717) is 28.9 Å². The number of nitrogens with one attached hydrogen (secondary N) is 1. The molecule has 0 atom stereocenters. The van der Waals surface area contributed by atoms with E-state index in [1.807, 2.05) is 0 Å². The summed E-state index contributed by atoms with van der Waals surface area (Å²) in [4.78, 5) is 28.3. The molecule has 1 aromatic carbocycles. The summed E-state index contributed by atoms with van der Waals surface area (Å²) in [5, 5.41) is 20.0. The van der Waals surface area contributed by atoms with Gasteiger partial charge in [-0.1, -0.05) is 12.8 Å². The first-order valence-corrected chi connectivity index (χ1v) is 9.33. The van der Waals surface area contributed by atoms with Crippen LogP contribution in [0.1, 0.15) is 17.3 Å². The van der Waals surface area contributed by atoms with E-state index in [4.69, 9.17) is 4.74 Å². The SMILES string of the molecule is CCN1CCN(CC#CC(=O)Nc2cc3c(C(=O)O)cnnc3cc2OC)CC1. The molecule has 1 fully saturated rings. The van der Waals surface area contributed by atoms with Crippen LogP contribution in [-0.2, 0) is 4.79 Å². The average molecular weight is 397 g/mol. The lowest BCUT2D eigenvalue weighted by molar-refractivity contribution is -0.111. The molecule has 0 saturated carbocycles. The molecule has 152 valence electrons. The number of carboxylic acid groups (broad SMARTS) is 1. The number of aromatic carboxylic acids is 1. The van der Waals surface area contributed by atoms with Crippen LogP contribution >= 0.6 is 0 Å². The monoisotopic (exact) mass is 397 g/mol. The largest absolute Gasteiger partial charge is 0.494 e. The van der Waals surface area contributed by atoms with Crippen LogP contribution in [-0.4, -0.2) is 83.4 Å². The second-order valence-electron chi connectivity index (χ2n) is 6.60. The zero-order chi connectivity index (χ0) is 20.8. The van der Waals surface area contributed by atoms with Crippen LogP contribution in [0.3, 0.4) is 0 Å². The Balaban J connectivity index is 1.71. The molecule has 0 aliphatic carbocycles. The molecule has 2 aromatic rings. The molecular formula is C20H23N5O4. The lowest BCUT2D eigenvalue weighted by atomic mass is 10.1. The third-order valence-electron chi connectivity index (χ3n) is 4.86. The van der Waals surface area contributed by atoms with Crippen LogP contribution in [0.4, 0.5) is 5.69 Å².